The lowest BCUT2D eigenvalue weighted by atomic mass is 10.1. The van der Waals surface area contributed by atoms with Gasteiger partial charge in [0.2, 0.25) is 5.91 Å². The first-order chi connectivity index (χ1) is 12.9. The molecule has 0 unspecified atom stereocenters. The van der Waals surface area contributed by atoms with Crippen LogP contribution in [0.2, 0.25) is 0 Å². The van der Waals surface area contributed by atoms with Crippen LogP contribution in [0.4, 0.5) is 11.4 Å². The molecule has 2 aromatic carbocycles. The lowest BCUT2D eigenvalue weighted by Crippen LogP contribution is -2.28. The van der Waals surface area contributed by atoms with Gasteiger partial charge in [-0.3, -0.25) is 9.59 Å². The van der Waals surface area contributed by atoms with Gasteiger partial charge in [-0.25, -0.2) is 0 Å². The standard InChI is InChI=1S/C22H29N3O2/c1-16(2)14-21(26)24-18-10-11-20(25(3)4)19(15-18)22(27)23-13-12-17-8-6-5-7-9-17/h5-11,15-16H,12-14H2,1-4H3,(H,23,27)(H,24,26). The average molecular weight is 367 g/mol. The first-order valence-corrected chi connectivity index (χ1v) is 9.30. The molecule has 0 heterocycles. The number of hydrogen-bond donors (Lipinski definition) is 2. The van der Waals surface area contributed by atoms with Crippen molar-refractivity contribution in [1.29, 1.82) is 0 Å². The maximum absolute atomic E-state index is 12.7. The van der Waals surface area contributed by atoms with E-state index in [1.165, 1.54) is 5.56 Å². The fourth-order valence-corrected chi connectivity index (χ4v) is 2.83. The van der Waals surface area contributed by atoms with E-state index >= 15 is 0 Å². The largest absolute Gasteiger partial charge is 0.377 e. The van der Waals surface area contributed by atoms with E-state index in [4.69, 9.17) is 0 Å². The summed E-state index contributed by atoms with van der Waals surface area (Å²) >= 11 is 0. The topological polar surface area (TPSA) is 61.4 Å². The van der Waals surface area contributed by atoms with Gasteiger partial charge in [0.25, 0.3) is 5.91 Å². The van der Waals surface area contributed by atoms with Gasteiger partial charge in [0, 0.05) is 38.4 Å². The predicted octanol–water partition coefficient (Wildman–Crippen LogP) is 3.71. The second-order valence-corrected chi connectivity index (χ2v) is 7.26. The van der Waals surface area contributed by atoms with Crippen molar-refractivity contribution in [2.24, 2.45) is 5.92 Å². The minimum Gasteiger partial charge on any atom is -0.377 e. The van der Waals surface area contributed by atoms with E-state index < -0.39 is 0 Å². The molecule has 0 saturated heterocycles. The van der Waals surface area contributed by atoms with Crippen molar-refractivity contribution in [3.8, 4) is 0 Å². The summed E-state index contributed by atoms with van der Waals surface area (Å²) in [6, 6.07) is 15.5. The quantitative estimate of drug-likeness (QED) is 0.748. The zero-order valence-electron chi connectivity index (χ0n) is 16.6. The zero-order valence-corrected chi connectivity index (χ0v) is 16.6. The number of rotatable bonds is 8. The molecule has 2 amide bonds. The number of nitrogens with zero attached hydrogens (tertiary/aromatic N) is 1. The molecule has 0 aliphatic carbocycles. The summed E-state index contributed by atoms with van der Waals surface area (Å²) in [6.45, 7) is 4.56. The fourth-order valence-electron chi connectivity index (χ4n) is 2.83. The van der Waals surface area contributed by atoms with Crippen LogP contribution in [0.5, 0.6) is 0 Å². The van der Waals surface area contributed by atoms with Crippen LogP contribution in [0.25, 0.3) is 0 Å². The van der Waals surface area contributed by atoms with Crippen LogP contribution in [0.3, 0.4) is 0 Å². The molecule has 0 fully saturated rings. The van der Waals surface area contributed by atoms with Crippen molar-refractivity contribution in [3.63, 3.8) is 0 Å². The van der Waals surface area contributed by atoms with Crippen LogP contribution >= 0.6 is 0 Å². The number of amides is 2. The van der Waals surface area contributed by atoms with Gasteiger partial charge in [-0.15, -0.1) is 0 Å². The summed E-state index contributed by atoms with van der Waals surface area (Å²) in [6.07, 6.45) is 1.22. The Hall–Kier alpha value is -2.82. The lowest BCUT2D eigenvalue weighted by molar-refractivity contribution is -0.116. The minimum atomic E-state index is -0.144. The van der Waals surface area contributed by atoms with Crippen LogP contribution in [-0.2, 0) is 11.2 Å². The summed E-state index contributed by atoms with van der Waals surface area (Å²) in [4.78, 5) is 26.6. The molecule has 0 radical (unpaired) electrons. The van der Waals surface area contributed by atoms with Gasteiger partial charge in [0.15, 0.2) is 0 Å². The molecule has 27 heavy (non-hydrogen) atoms. The van der Waals surface area contributed by atoms with Gasteiger partial charge in [0.05, 0.1) is 5.56 Å². The molecule has 0 aromatic heterocycles. The summed E-state index contributed by atoms with van der Waals surface area (Å²) in [5, 5.41) is 5.86. The van der Waals surface area contributed by atoms with Crippen LogP contribution < -0.4 is 15.5 Å². The van der Waals surface area contributed by atoms with Crippen LogP contribution in [0, 0.1) is 5.92 Å². The molecule has 0 spiro atoms. The van der Waals surface area contributed by atoms with Crippen molar-refractivity contribution in [2.45, 2.75) is 26.7 Å². The summed E-state index contributed by atoms with van der Waals surface area (Å²) < 4.78 is 0. The Morgan fingerprint density at radius 2 is 1.74 bits per heavy atom. The third kappa shape index (κ3) is 6.44. The van der Waals surface area contributed by atoms with Gasteiger partial charge < -0.3 is 15.5 Å². The van der Waals surface area contributed by atoms with Crippen LogP contribution in [0.1, 0.15) is 36.2 Å². The predicted molar refractivity (Wildman–Crippen MR) is 111 cm³/mol. The molecule has 144 valence electrons. The lowest BCUT2D eigenvalue weighted by Gasteiger charge is -2.19. The number of carbonyl (C=O) groups is 2. The zero-order chi connectivity index (χ0) is 19.8. The second-order valence-electron chi connectivity index (χ2n) is 7.26. The van der Waals surface area contributed by atoms with Gasteiger partial charge in [-0.1, -0.05) is 44.2 Å². The second kappa shape index (κ2) is 9.76. The van der Waals surface area contributed by atoms with E-state index in [1.807, 2.05) is 75.3 Å². The van der Waals surface area contributed by atoms with E-state index in [1.54, 1.807) is 6.07 Å². The molecular weight excluding hydrogens is 338 g/mol. The monoisotopic (exact) mass is 367 g/mol. The summed E-state index contributed by atoms with van der Waals surface area (Å²) in [5.74, 6) is 0.0967. The van der Waals surface area contributed by atoms with Crippen LogP contribution in [0.15, 0.2) is 48.5 Å². The van der Waals surface area contributed by atoms with Crippen molar-refractivity contribution in [2.75, 3.05) is 30.9 Å². The summed E-state index contributed by atoms with van der Waals surface area (Å²) in [5.41, 5.74) is 3.18. The Morgan fingerprint density at radius 1 is 1.04 bits per heavy atom. The minimum absolute atomic E-state index is 0.0435. The highest BCUT2D eigenvalue weighted by atomic mass is 16.2. The molecule has 2 rings (SSSR count). The highest BCUT2D eigenvalue weighted by molar-refractivity contribution is 6.02. The summed E-state index contributed by atoms with van der Waals surface area (Å²) in [7, 11) is 3.79. The van der Waals surface area contributed by atoms with E-state index in [2.05, 4.69) is 10.6 Å². The van der Waals surface area contributed by atoms with Crippen molar-refractivity contribution < 1.29 is 9.59 Å². The van der Waals surface area contributed by atoms with E-state index in [0.717, 1.165) is 12.1 Å². The number of anilines is 2. The van der Waals surface area contributed by atoms with Crippen molar-refractivity contribution >= 4 is 23.2 Å². The van der Waals surface area contributed by atoms with Gasteiger partial charge in [0.1, 0.15) is 0 Å². The smallest absolute Gasteiger partial charge is 0.253 e. The molecule has 0 saturated carbocycles. The highest BCUT2D eigenvalue weighted by Gasteiger charge is 2.15. The number of nitrogens with one attached hydrogen (secondary N) is 2. The Bertz CT molecular complexity index is 770. The van der Waals surface area contributed by atoms with Crippen LogP contribution in [-0.4, -0.2) is 32.5 Å². The number of carbonyl (C=O) groups excluding carboxylic acids is 2. The molecule has 0 aliphatic rings. The number of hydrogen-bond acceptors (Lipinski definition) is 3. The SMILES string of the molecule is CC(C)CC(=O)Nc1ccc(N(C)C)c(C(=O)NCCc2ccccc2)c1. The van der Waals surface area contributed by atoms with Crippen molar-refractivity contribution in [1.82, 2.24) is 5.32 Å². The molecule has 5 nitrogen and oxygen atoms in total. The first kappa shape index (κ1) is 20.5. The highest BCUT2D eigenvalue weighted by Crippen LogP contribution is 2.23. The molecule has 0 aliphatic heterocycles. The van der Waals surface area contributed by atoms with E-state index in [-0.39, 0.29) is 17.7 Å². The molecule has 5 heteroatoms. The maximum atomic E-state index is 12.7. The van der Waals surface area contributed by atoms with E-state index in [9.17, 15) is 9.59 Å². The Morgan fingerprint density at radius 3 is 2.37 bits per heavy atom. The molecule has 2 N–H and O–H groups in total. The normalized spacial score (nSPS) is 10.6. The molecule has 2 aromatic rings. The molecular formula is C22H29N3O2. The molecule has 0 bridgehead atoms. The van der Waals surface area contributed by atoms with Crippen molar-refractivity contribution in [3.05, 3.63) is 59.7 Å². The van der Waals surface area contributed by atoms with Gasteiger partial charge in [-0.05, 0) is 36.1 Å². The Balaban J connectivity index is 2.08. The fraction of sp³-hybridized carbons (Fsp3) is 0.364. The maximum Gasteiger partial charge on any atom is 0.253 e. The third-order valence-corrected chi connectivity index (χ3v) is 4.14. The average Bonchev–Trinajstić information content (AvgIpc) is 2.61. The first-order valence-electron chi connectivity index (χ1n) is 9.30. The number of benzene rings is 2. The molecule has 0 atom stereocenters. The van der Waals surface area contributed by atoms with E-state index in [0.29, 0.717) is 24.2 Å². The van der Waals surface area contributed by atoms with Gasteiger partial charge >= 0.3 is 0 Å². The Kier molecular flexibility index (Phi) is 7.41. The third-order valence-electron chi connectivity index (χ3n) is 4.14. The van der Waals surface area contributed by atoms with Gasteiger partial charge in [-0.2, -0.15) is 0 Å². The Labute approximate surface area is 161 Å².